The van der Waals surface area contributed by atoms with Crippen LogP contribution in [0.5, 0.6) is 0 Å². The van der Waals surface area contributed by atoms with Gasteiger partial charge in [0.05, 0.1) is 5.41 Å². The Morgan fingerprint density at radius 1 is 1.24 bits per heavy atom. The fraction of sp³-hybridized carbons (Fsp3) is 0.500. The Bertz CT molecular complexity index is 696. The van der Waals surface area contributed by atoms with Crippen LogP contribution in [0.2, 0.25) is 0 Å². The van der Waals surface area contributed by atoms with Gasteiger partial charge in [-0.3, -0.25) is 9.59 Å². The van der Waals surface area contributed by atoms with Crippen LogP contribution in [-0.4, -0.2) is 46.5 Å². The van der Waals surface area contributed by atoms with E-state index in [0.717, 1.165) is 0 Å². The van der Waals surface area contributed by atoms with Crippen LogP contribution >= 0.6 is 0 Å². The van der Waals surface area contributed by atoms with Crippen molar-refractivity contribution in [2.75, 3.05) is 18.4 Å². The SMILES string of the molecule is CC(C)(C)NC(=O)c1cccc(NC(=O)N2CCC(C)(C(=O)O)C2)c1. The molecule has 0 aliphatic carbocycles. The average molecular weight is 347 g/mol. The lowest BCUT2D eigenvalue weighted by Crippen LogP contribution is -2.40. The predicted molar refractivity (Wildman–Crippen MR) is 94.6 cm³/mol. The number of benzene rings is 1. The summed E-state index contributed by atoms with van der Waals surface area (Å²) in [6.45, 7) is 7.87. The van der Waals surface area contributed by atoms with Crippen molar-refractivity contribution in [3.63, 3.8) is 0 Å². The molecule has 0 saturated carbocycles. The van der Waals surface area contributed by atoms with Gasteiger partial charge in [0.1, 0.15) is 0 Å². The number of carbonyl (C=O) groups is 3. The molecule has 25 heavy (non-hydrogen) atoms. The lowest BCUT2D eigenvalue weighted by Gasteiger charge is -2.21. The molecular weight excluding hydrogens is 322 g/mol. The van der Waals surface area contributed by atoms with Gasteiger partial charge in [-0.05, 0) is 52.3 Å². The smallest absolute Gasteiger partial charge is 0.321 e. The van der Waals surface area contributed by atoms with Crippen LogP contribution in [0, 0.1) is 5.41 Å². The van der Waals surface area contributed by atoms with Crippen LogP contribution in [0.1, 0.15) is 44.5 Å². The number of nitrogens with one attached hydrogen (secondary N) is 2. The molecule has 7 heteroatoms. The van der Waals surface area contributed by atoms with Gasteiger partial charge in [-0.15, -0.1) is 0 Å². The zero-order valence-corrected chi connectivity index (χ0v) is 15.0. The number of anilines is 1. The van der Waals surface area contributed by atoms with Crippen molar-refractivity contribution >= 4 is 23.6 Å². The third-order valence-corrected chi connectivity index (χ3v) is 4.14. The van der Waals surface area contributed by atoms with E-state index in [-0.39, 0.29) is 24.0 Å². The zero-order chi connectivity index (χ0) is 18.8. The Labute approximate surface area is 147 Å². The molecule has 0 aromatic heterocycles. The number of amides is 3. The number of aliphatic carboxylic acids is 1. The van der Waals surface area contributed by atoms with Gasteiger partial charge in [0.15, 0.2) is 0 Å². The Kier molecular flexibility index (Phi) is 5.06. The van der Waals surface area contributed by atoms with Gasteiger partial charge in [-0.2, -0.15) is 0 Å². The van der Waals surface area contributed by atoms with Crippen LogP contribution in [0.3, 0.4) is 0 Å². The van der Waals surface area contributed by atoms with Gasteiger partial charge in [0, 0.05) is 29.9 Å². The summed E-state index contributed by atoms with van der Waals surface area (Å²) in [6, 6.07) is 6.30. The second-order valence-corrected chi connectivity index (χ2v) is 7.75. The molecule has 0 bridgehead atoms. The van der Waals surface area contributed by atoms with Gasteiger partial charge in [0.25, 0.3) is 5.91 Å². The first kappa shape index (κ1) is 18.8. The molecule has 1 aliphatic rings. The number of carbonyl (C=O) groups excluding carboxylic acids is 2. The second kappa shape index (κ2) is 6.74. The Morgan fingerprint density at radius 3 is 2.48 bits per heavy atom. The minimum absolute atomic E-state index is 0.165. The summed E-state index contributed by atoms with van der Waals surface area (Å²) in [5.74, 6) is -1.12. The van der Waals surface area contributed by atoms with Gasteiger partial charge in [-0.25, -0.2) is 4.79 Å². The Morgan fingerprint density at radius 2 is 1.92 bits per heavy atom. The van der Waals surface area contributed by atoms with E-state index in [0.29, 0.717) is 24.2 Å². The number of likely N-dealkylation sites (tertiary alicyclic amines) is 1. The molecule has 1 aromatic carbocycles. The van der Waals surface area contributed by atoms with Crippen molar-refractivity contribution < 1.29 is 19.5 Å². The van der Waals surface area contributed by atoms with Crippen LogP contribution in [0.4, 0.5) is 10.5 Å². The molecule has 1 aromatic rings. The van der Waals surface area contributed by atoms with E-state index in [1.807, 2.05) is 20.8 Å². The highest BCUT2D eigenvalue weighted by Gasteiger charge is 2.42. The Balaban J connectivity index is 2.04. The third-order valence-electron chi connectivity index (χ3n) is 4.14. The van der Waals surface area contributed by atoms with Gasteiger partial charge in [-0.1, -0.05) is 6.07 Å². The predicted octanol–water partition coefficient (Wildman–Crippen LogP) is 2.54. The van der Waals surface area contributed by atoms with E-state index in [2.05, 4.69) is 10.6 Å². The second-order valence-electron chi connectivity index (χ2n) is 7.75. The van der Waals surface area contributed by atoms with Crippen molar-refractivity contribution in [2.45, 2.75) is 39.7 Å². The van der Waals surface area contributed by atoms with Crippen molar-refractivity contribution in [1.29, 1.82) is 0 Å². The van der Waals surface area contributed by atoms with E-state index < -0.39 is 11.4 Å². The number of urea groups is 1. The molecule has 0 radical (unpaired) electrons. The lowest BCUT2D eigenvalue weighted by atomic mass is 9.90. The van der Waals surface area contributed by atoms with Gasteiger partial charge >= 0.3 is 12.0 Å². The summed E-state index contributed by atoms with van der Waals surface area (Å²) in [6.07, 6.45) is 0.420. The number of carboxylic acids is 1. The first-order chi connectivity index (χ1) is 11.5. The first-order valence-electron chi connectivity index (χ1n) is 8.22. The zero-order valence-electron chi connectivity index (χ0n) is 15.0. The van der Waals surface area contributed by atoms with Crippen LogP contribution in [0.25, 0.3) is 0 Å². The van der Waals surface area contributed by atoms with Crippen molar-refractivity contribution in [3.05, 3.63) is 29.8 Å². The molecule has 1 heterocycles. The number of rotatable bonds is 3. The monoisotopic (exact) mass is 347 g/mol. The van der Waals surface area contributed by atoms with Crippen molar-refractivity contribution in [2.24, 2.45) is 5.41 Å². The topological polar surface area (TPSA) is 98.7 Å². The summed E-state index contributed by atoms with van der Waals surface area (Å²) >= 11 is 0. The minimum Gasteiger partial charge on any atom is -0.481 e. The molecule has 1 aliphatic heterocycles. The molecule has 1 saturated heterocycles. The highest BCUT2D eigenvalue weighted by atomic mass is 16.4. The molecule has 0 spiro atoms. The molecule has 1 atom stereocenters. The molecule has 3 N–H and O–H groups in total. The summed E-state index contributed by atoms with van der Waals surface area (Å²) in [7, 11) is 0. The van der Waals surface area contributed by atoms with E-state index in [1.54, 1.807) is 31.2 Å². The summed E-state index contributed by atoms with van der Waals surface area (Å²) < 4.78 is 0. The lowest BCUT2D eigenvalue weighted by molar-refractivity contribution is -0.146. The number of hydrogen-bond acceptors (Lipinski definition) is 3. The first-order valence-corrected chi connectivity index (χ1v) is 8.22. The number of carboxylic acid groups (broad SMARTS) is 1. The molecule has 3 amide bonds. The Hall–Kier alpha value is -2.57. The summed E-state index contributed by atoms with van der Waals surface area (Å²) in [4.78, 5) is 37.3. The molecule has 136 valence electrons. The van der Waals surface area contributed by atoms with E-state index in [1.165, 1.54) is 4.90 Å². The molecule has 1 unspecified atom stereocenters. The molecule has 1 fully saturated rings. The fourth-order valence-corrected chi connectivity index (χ4v) is 2.66. The maximum Gasteiger partial charge on any atom is 0.321 e. The quantitative estimate of drug-likeness (QED) is 0.782. The molecule has 2 rings (SSSR count). The van der Waals surface area contributed by atoms with Crippen LogP contribution < -0.4 is 10.6 Å². The van der Waals surface area contributed by atoms with E-state index in [9.17, 15) is 19.5 Å². The minimum atomic E-state index is -0.911. The fourth-order valence-electron chi connectivity index (χ4n) is 2.66. The normalized spacial score (nSPS) is 20.2. The largest absolute Gasteiger partial charge is 0.481 e. The maximum absolute atomic E-state index is 12.4. The van der Waals surface area contributed by atoms with Gasteiger partial charge < -0.3 is 20.6 Å². The van der Waals surface area contributed by atoms with Gasteiger partial charge in [0.2, 0.25) is 0 Å². The van der Waals surface area contributed by atoms with E-state index in [4.69, 9.17) is 0 Å². The maximum atomic E-state index is 12.4. The average Bonchev–Trinajstić information content (AvgIpc) is 2.90. The van der Waals surface area contributed by atoms with Crippen LogP contribution in [-0.2, 0) is 4.79 Å². The molecule has 7 nitrogen and oxygen atoms in total. The highest BCUT2D eigenvalue weighted by Crippen LogP contribution is 2.30. The number of nitrogens with zero attached hydrogens (tertiary/aromatic N) is 1. The standard InChI is InChI=1S/C18H25N3O4/c1-17(2,3)20-14(22)12-6-5-7-13(10-12)19-16(25)21-9-8-18(4,11-21)15(23)24/h5-7,10H,8-9,11H2,1-4H3,(H,19,25)(H,20,22)(H,23,24). The molecular formula is C18H25N3O4. The van der Waals surface area contributed by atoms with Crippen molar-refractivity contribution in [3.8, 4) is 0 Å². The summed E-state index contributed by atoms with van der Waals surface area (Å²) in [5, 5.41) is 14.8. The summed E-state index contributed by atoms with van der Waals surface area (Å²) in [5.41, 5.74) is -0.320. The number of hydrogen-bond donors (Lipinski definition) is 3. The van der Waals surface area contributed by atoms with E-state index >= 15 is 0 Å². The van der Waals surface area contributed by atoms with Crippen LogP contribution in [0.15, 0.2) is 24.3 Å². The third kappa shape index (κ3) is 4.71. The van der Waals surface area contributed by atoms with Crippen molar-refractivity contribution in [1.82, 2.24) is 10.2 Å². The highest BCUT2D eigenvalue weighted by molar-refractivity contribution is 5.97.